The number of aliphatic hydroxyl groups excluding tert-OH is 1. The van der Waals surface area contributed by atoms with Gasteiger partial charge in [0.15, 0.2) is 11.6 Å². The van der Waals surface area contributed by atoms with E-state index in [2.05, 4.69) is 4.90 Å². The van der Waals surface area contributed by atoms with E-state index in [-0.39, 0.29) is 11.7 Å². The van der Waals surface area contributed by atoms with Crippen molar-refractivity contribution in [1.29, 1.82) is 0 Å². The molecular formula is C15H21F2NO2. The van der Waals surface area contributed by atoms with E-state index in [1.807, 2.05) is 20.8 Å². The van der Waals surface area contributed by atoms with Gasteiger partial charge in [-0.25, -0.2) is 8.78 Å². The fourth-order valence-electron chi connectivity index (χ4n) is 2.79. The average Bonchev–Trinajstić information content (AvgIpc) is 2.29. The first-order chi connectivity index (χ1) is 9.27. The van der Waals surface area contributed by atoms with Crippen molar-refractivity contribution in [2.75, 3.05) is 19.6 Å². The predicted molar refractivity (Wildman–Crippen MR) is 72.4 cm³/mol. The third-order valence-corrected chi connectivity index (χ3v) is 3.40. The monoisotopic (exact) mass is 285 g/mol. The first kappa shape index (κ1) is 15.4. The van der Waals surface area contributed by atoms with Gasteiger partial charge in [-0.15, -0.1) is 0 Å². The zero-order valence-corrected chi connectivity index (χ0v) is 12.1. The number of ether oxygens (including phenoxy) is 1. The molecule has 112 valence electrons. The van der Waals surface area contributed by atoms with Crippen LogP contribution in [0, 0.1) is 11.6 Å². The minimum atomic E-state index is -0.933. The van der Waals surface area contributed by atoms with Gasteiger partial charge in [-0.2, -0.15) is 0 Å². The van der Waals surface area contributed by atoms with E-state index in [1.165, 1.54) is 6.07 Å². The lowest BCUT2D eigenvalue weighted by Gasteiger charge is -2.42. The number of hydrogen-bond donors (Lipinski definition) is 1. The maximum Gasteiger partial charge on any atom is 0.159 e. The quantitative estimate of drug-likeness (QED) is 0.926. The van der Waals surface area contributed by atoms with Crippen molar-refractivity contribution in [2.24, 2.45) is 0 Å². The van der Waals surface area contributed by atoms with Crippen LogP contribution >= 0.6 is 0 Å². The number of morpholine rings is 1. The third kappa shape index (κ3) is 3.75. The molecule has 0 aromatic heterocycles. The van der Waals surface area contributed by atoms with Crippen LogP contribution in [0.3, 0.4) is 0 Å². The second-order valence-corrected chi connectivity index (χ2v) is 6.07. The molecule has 0 radical (unpaired) electrons. The summed E-state index contributed by atoms with van der Waals surface area (Å²) in [5.74, 6) is -1.83. The number of hydrogen-bond acceptors (Lipinski definition) is 3. The molecule has 2 atom stereocenters. The molecule has 1 aromatic carbocycles. The molecule has 1 fully saturated rings. The lowest BCUT2D eigenvalue weighted by molar-refractivity contribution is -0.133. The fraction of sp³-hybridized carbons (Fsp3) is 0.600. The Morgan fingerprint density at radius 1 is 1.40 bits per heavy atom. The van der Waals surface area contributed by atoms with Crippen LogP contribution in [-0.2, 0) is 4.74 Å². The Bertz CT molecular complexity index is 479. The smallest absolute Gasteiger partial charge is 0.159 e. The first-order valence-electron chi connectivity index (χ1n) is 6.80. The maximum atomic E-state index is 13.2. The summed E-state index contributed by atoms with van der Waals surface area (Å²) in [4.78, 5) is 2.08. The molecule has 1 aliphatic heterocycles. The molecule has 1 heterocycles. The Morgan fingerprint density at radius 3 is 2.70 bits per heavy atom. The average molecular weight is 285 g/mol. The van der Waals surface area contributed by atoms with E-state index in [9.17, 15) is 13.9 Å². The lowest BCUT2D eigenvalue weighted by Crippen LogP contribution is -2.52. The molecule has 1 aromatic rings. The minimum absolute atomic E-state index is 0.0795. The fourth-order valence-corrected chi connectivity index (χ4v) is 2.79. The molecule has 1 aliphatic rings. The molecule has 3 nitrogen and oxygen atoms in total. The minimum Gasteiger partial charge on any atom is -0.387 e. The molecule has 1 saturated heterocycles. The van der Waals surface area contributed by atoms with E-state index >= 15 is 0 Å². The number of β-amino-alcohol motifs (C(OH)–C–C–N with tert-alkyl or cyclic N) is 1. The highest BCUT2D eigenvalue weighted by molar-refractivity contribution is 5.20. The number of nitrogens with zero attached hydrogens (tertiary/aromatic N) is 1. The van der Waals surface area contributed by atoms with Crippen LogP contribution in [0.2, 0.25) is 0 Å². The van der Waals surface area contributed by atoms with E-state index in [0.29, 0.717) is 25.2 Å². The van der Waals surface area contributed by atoms with Gasteiger partial charge in [-0.3, -0.25) is 4.90 Å². The van der Waals surface area contributed by atoms with Crippen LogP contribution in [0.4, 0.5) is 8.78 Å². The van der Waals surface area contributed by atoms with Gasteiger partial charge in [0.25, 0.3) is 0 Å². The van der Waals surface area contributed by atoms with Gasteiger partial charge in [-0.05, 0) is 38.5 Å². The van der Waals surface area contributed by atoms with Crippen molar-refractivity contribution in [3.8, 4) is 0 Å². The van der Waals surface area contributed by atoms with Gasteiger partial charge >= 0.3 is 0 Å². The molecular weight excluding hydrogens is 264 g/mol. The lowest BCUT2D eigenvalue weighted by atomic mass is 10.0. The van der Waals surface area contributed by atoms with Crippen molar-refractivity contribution in [3.05, 3.63) is 35.4 Å². The first-order valence-corrected chi connectivity index (χ1v) is 6.80. The third-order valence-electron chi connectivity index (χ3n) is 3.40. The van der Waals surface area contributed by atoms with Gasteiger partial charge < -0.3 is 9.84 Å². The number of benzene rings is 1. The highest BCUT2D eigenvalue weighted by atomic mass is 19.2. The van der Waals surface area contributed by atoms with E-state index < -0.39 is 17.7 Å². The van der Waals surface area contributed by atoms with Crippen LogP contribution in [-0.4, -0.2) is 41.3 Å². The van der Waals surface area contributed by atoms with Crippen LogP contribution in [0.5, 0.6) is 0 Å². The summed E-state index contributed by atoms with van der Waals surface area (Å²) in [5, 5.41) is 10.2. The number of rotatable bonds is 3. The molecule has 0 saturated carbocycles. The molecule has 5 heteroatoms. The maximum absolute atomic E-state index is 13.2. The van der Waals surface area contributed by atoms with Crippen LogP contribution in [0.25, 0.3) is 0 Å². The summed E-state index contributed by atoms with van der Waals surface area (Å²) in [6.07, 6.45) is -0.762. The zero-order valence-electron chi connectivity index (χ0n) is 12.1. The summed E-state index contributed by atoms with van der Waals surface area (Å²) in [7, 11) is 0. The summed E-state index contributed by atoms with van der Waals surface area (Å²) in [6.45, 7) is 7.77. The molecule has 0 amide bonds. The topological polar surface area (TPSA) is 32.7 Å². The van der Waals surface area contributed by atoms with Gasteiger partial charge in [0.1, 0.15) is 0 Å². The Hall–Kier alpha value is -1.04. The Morgan fingerprint density at radius 2 is 2.10 bits per heavy atom. The van der Waals surface area contributed by atoms with Gasteiger partial charge in [0.05, 0.1) is 17.8 Å². The van der Waals surface area contributed by atoms with E-state index in [1.54, 1.807) is 0 Å². The van der Waals surface area contributed by atoms with Crippen molar-refractivity contribution in [3.63, 3.8) is 0 Å². The SMILES string of the molecule is C[C@@H]1CN(C[C@H](O)c2ccc(F)c(F)c2)CC(C)(C)O1. The van der Waals surface area contributed by atoms with Crippen LogP contribution < -0.4 is 0 Å². The van der Waals surface area contributed by atoms with E-state index in [0.717, 1.165) is 12.1 Å². The molecule has 0 unspecified atom stereocenters. The van der Waals surface area contributed by atoms with Gasteiger partial charge in [0, 0.05) is 19.6 Å². The normalized spacial score (nSPS) is 24.6. The zero-order chi connectivity index (χ0) is 14.9. The Kier molecular flexibility index (Phi) is 4.42. The highest BCUT2D eigenvalue weighted by Crippen LogP contribution is 2.24. The van der Waals surface area contributed by atoms with Crippen molar-refractivity contribution in [1.82, 2.24) is 4.90 Å². The molecule has 20 heavy (non-hydrogen) atoms. The number of halogens is 2. The van der Waals surface area contributed by atoms with Crippen molar-refractivity contribution < 1.29 is 18.6 Å². The standard InChI is InChI=1S/C15H21F2NO2/c1-10-7-18(9-15(2,3)20-10)8-14(19)11-4-5-12(16)13(17)6-11/h4-6,10,14,19H,7-9H2,1-3H3/t10-,14+/m1/s1. The van der Waals surface area contributed by atoms with Gasteiger partial charge in [-0.1, -0.05) is 6.07 Å². The van der Waals surface area contributed by atoms with Crippen molar-refractivity contribution in [2.45, 2.75) is 38.6 Å². The Balaban J connectivity index is 2.03. The molecule has 2 rings (SSSR count). The molecule has 1 N–H and O–H groups in total. The van der Waals surface area contributed by atoms with Crippen molar-refractivity contribution >= 4 is 0 Å². The molecule has 0 aliphatic carbocycles. The summed E-state index contributed by atoms with van der Waals surface area (Å²) in [5.41, 5.74) is 0.117. The molecule has 0 spiro atoms. The summed E-state index contributed by atoms with van der Waals surface area (Å²) in [6, 6.07) is 3.51. The van der Waals surface area contributed by atoms with E-state index in [4.69, 9.17) is 4.74 Å². The van der Waals surface area contributed by atoms with Crippen LogP contribution in [0.15, 0.2) is 18.2 Å². The molecule has 0 bridgehead atoms. The second-order valence-electron chi connectivity index (χ2n) is 6.07. The Labute approximate surface area is 118 Å². The van der Waals surface area contributed by atoms with Crippen LogP contribution in [0.1, 0.15) is 32.4 Å². The number of aliphatic hydroxyl groups is 1. The highest BCUT2D eigenvalue weighted by Gasteiger charge is 2.32. The predicted octanol–water partition coefficient (Wildman–Crippen LogP) is 2.50. The van der Waals surface area contributed by atoms with Gasteiger partial charge in [0.2, 0.25) is 0 Å². The summed E-state index contributed by atoms with van der Waals surface area (Å²) >= 11 is 0. The second kappa shape index (κ2) is 5.76. The summed E-state index contributed by atoms with van der Waals surface area (Å²) < 4.78 is 31.9. The largest absolute Gasteiger partial charge is 0.387 e.